The first-order valence-corrected chi connectivity index (χ1v) is 26.5. The van der Waals surface area contributed by atoms with Crippen molar-refractivity contribution >= 4 is 82.5 Å². The number of unbranched alkanes of at least 4 members (excludes halogenated alkanes) is 2. The van der Waals surface area contributed by atoms with Crippen molar-refractivity contribution in [2.75, 3.05) is 52.9 Å². The number of carbonyl (C=O) groups is 7. The Morgan fingerprint density at radius 3 is 2.09 bits per heavy atom. The molecule has 0 radical (unpaired) electrons. The van der Waals surface area contributed by atoms with Gasteiger partial charge in [0.25, 0.3) is 17.7 Å². The predicted molar refractivity (Wildman–Crippen MR) is 302 cm³/mol. The molecule has 4 heterocycles. The lowest BCUT2D eigenvalue weighted by atomic mass is 10.0. The number of benzene rings is 4. The van der Waals surface area contributed by atoms with E-state index in [-0.39, 0.29) is 74.4 Å². The Balaban J connectivity index is 0.785. The topological polar surface area (TPSA) is 236 Å². The molecule has 4 aromatic carbocycles. The minimum Gasteiger partial charge on any atom is -0.497 e. The van der Waals surface area contributed by atoms with Crippen LogP contribution in [0, 0.1) is 12.8 Å². The summed E-state index contributed by atoms with van der Waals surface area (Å²) in [5, 5.41) is 8.16. The van der Waals surface area contributed by atoms with Crippen molar-refractivity contribution in [2.24, 2.45) is 15.9 Å². The van der Waals surface area contributed by atoms with Crippen LogP contribution < -0.4 is 39.6 Å². The molecule has 3 unspecified atom stereocenters. The van der Waals surface area contributed by atoms with Gasteiger partial charge in [0.15, 0.2) is 23.0 Å². The van der Waals surface area contributed by atoms with Crippen LogP contribution in [0.2, 0.25) is 0 Å². The highest BCUT2D eigenvalue weighted by atomic mass is 16.5. The van der Waals surface area contributed by atoms with Crippen molar-refractivity contribution in [1.29, 1.82) is 0 Å². The van der Waals surface area contributed by atoms with Crippen LogP contribution in [-0.4, -0.2) is 135 Å². The van der Waals surface area contributed by atoms with Gasteiger partial charge in [0.05, 0.1) is 70.1 Å². The molecule has 3 N–H and O–H groups in total. The maximum absolute atomic E-state index is 13.9. The summed E-state index contributed by atoms with van der Waals surface area (Å²) < 4.78 is 29.0. The second kappa shape index (κ2) is 26.5. The number of hydrogen-bond acceptors (Lipinski definition) is 14. The fraction of sp³-hybridized carbons (Fsp3) is 0.350. The summed E-state index contributed by atoms with van der Waals surface area (Å²) in [6, 6.07) is 20.4. The Morgan fingerprint density at radius 1 is 0.762 bits per heavy atom. The molecule has 418 valence electrons. The molecule has 4 aliphatic rings. The molecule has 20 heteroatoms. The lowest BCUT2D eigenvalue weighted by Crippen LogP contribution is -2.51. The number of hydrogen-bond donors (Lipinski definition) is 3. The van der Waals surface area contributed by atoms with Gasteiger partial charge in [-0.2, -0.15) is 0 Å². The molecule has 0 saturated heterocycles. The van der Waals surface area contributed by atoms with Gasteiger partial charge in [-0.25, -0.2) is 0 Å². The Hall–Kier alpha value is -9.07. The van der Waals surface area contributed by atoms with Crippen LogP contribution in [0.5, 0.6) is 28.7 Å². The van der Waals surface area contributed by atoms with Gasteiger partial charge < -0.3 is 49.4 Å². The SMILES string of the molecule is COc1ccc(C2=CN3C(=O)c4cc(OC)c(OCCCOc5cc(N=CC6CC(c7ccc(NC(=O)CNC(=O)C(NC(=O)CCCCCN8C(=O)C=CC8=O)C(C)C)cc7)=CN6C=O)c(C)cc5OC)cc4N=CC3C2)cc1. The summed E-state index contributed by atoms with van der Waals surface area (Å²) in [6.45, 7) is 6.01. The van der Waals surface area contributed by atoms with Crippen LogP contribution in [-0.2, 0) is 28.8 Å². The van der Waals surface area contributed by atoms with Crippen LogP contribution in [0.15, 0.2) is 107 Å². The highest BCUT2D eigenvalue weighted by Gasteiger charge is 2.34. The highest BCUT2D eigenvalue weighted by Crippen LogP contribution is 2.41. The molecular formula is C60H66N8O12. The monoisotopic (exact) mass is 1090 g/mol. The van der Waals surface area contributed by atoms with Crippen molar-refractivity contribution in [1.82, 2.24) is 25.3 Å². The first-order chi connectivity index (χ1) is 38.7. The third-order valence-corrected chi connectivity index (χ3v) is 14.0. The zero-order valence-electron chi connectivity index (χ0n) is 45.7. The van der Waals surface area contributed by atoms with E-state index < -0.39 is 17.9 Å². The maximum Gasteiger partial charge on any atom is 0.260 e. The summed E-state index contributed by atoms with van der Waals surface area (Å²) in [4.78, 5) is 102. The van der Waals surface area contributed by atoms with Crippen LogP contribution >= 0.6 is 0 Å². The number of anilines is 1. The largest absolute Gasteiger partial charge is 0.497 e. The lowest BCUT2D eigenvalue weighted by Gasteiger charge is -2.21. The molecule has 0 bridgehead atoms. The van der Waals surface area contributed by atoms with E-state index in [0.717, 1.165) is 44.9 Å². The lowest BCUT2D eigenvalue weighted by molar-refractivity contribution is -0.137. The molecule has 0 aromatic heterocycles. The number of rotatable bonds is 26. The summed E-state index contributed by atoms with van der Waals surface area (Å²) in [5.41, 5.74) is 6.62. The molecule has 20 nitrogen and oxygen atoms in total. The number of ether oxygens (including phenoxy) is 5. The van der Waals surface area contributed by atoms with Gasteiger partial charge in [0, 0.05) is 87.0 Å². The smallest absolute Gasteiger partial charge is 0.260 e. The number of imide groups is 1. The molecule has 7 amide bonds. The van der Waals surface area contributed by atoms with Crippen LogP contribution in [0.4, 0.5) is 17.1 Å². The number of aryl methyl sites for hydroxylation is 1. The van der Waals surface area contributed by atoms with Gasteiger partial charge in [0.1, 0.15) is 11.8 Å². The molecular weight excluding hydrogens is 1020 g/mol. The number of nitrogens with zero attached hydrogens (tertiary/aromatic N) is 5. The number of carbonyl (C=O) groups excluding carboxylic acids is 7. The second-order valence-corrected chi connectivity index (χ2v) is 19.9. The number of nitrogens with one attached hydrogen (secondary N) is 3. The van der Waals surface area contributed by atoms with E-state index in [4.69, 9.17) is 33.7 Å². The molecule has 4 aliphatic heterocycles. The number of fused-ring (bicyclic) bond motifs is 2. The fourth-order valence-electron chi connectivity index (χ4n) is 9.53. The number of aliphatic imine (C=N–C) groups is 2. The normalized spacial score (nSPS) is 16.7. The summed E-state index contributed by atoms with van der Waals surface area (Å²) in [7, 11) is 4.71. The molecule has 4 aromatic rings. The second-order valence-electron chi connectivity index (χ2n) is 19.9. The van der Waals surface area contributed by atoms with Gasteiger partial charge in [-0.1, -0.05) is 44.5 Å². The number of methoxy groups -OCH3 is 3. The maximum atomic E-state index is 13.9. The van der Waals surface area contributed by atoms with Gasteiger partial charge >= 0.3 is 0 Å². The summed E-state index contributed by atoms with van der Waals surface area (Å²) in [6.07, 6.45) is 13.8. The average Bonchev–Trinajstić information content (AvgIpc) is 4.24. The quantitative estimate of drug-likeness (QED) is 0.0240. The van der Waals surface area contributed by atoms with Crippen LogP contribution in [0.25, 0.3) is 11.1 Å². The van der Waals surface area contributed by atoms with E-state index in [2.05, 4.69) is 16.0 Å². The van der Waals surface area contributed by atoms with Crippen LogP contribution in [0.1, 0.15) is 85.8 Å². The molecule has 80 heavy (non-hydrogen) atoms. The van der Waals surface area contributed by atoms with Crippen molar-refractivity contribution in [2.45, 2.75) is 83.8 Å². The summed E-state index contributed by atoms with van der Waals surface area (Å²) in [5.74, 6) is 0.252. The molecule has 0 fully saturated rings. The minimum absolute atomic E-state index is 0.166. The Kier molecular flexibility index (Phi) is 18.9. The van der Waals surface area contributed by atoms with Crippen molar-refractivity contribution < 1.29 is 57.2 Å². The zero-order valence-corrected chi connectivity index (χ0v) is 45.7. The molecule has 0 spiro atoms. The fourth-order valence-corrected chi connectivity index (χ4v) is 9.53. The van der Waals surface area contributed by atoms with Crippen molar-refractivity contribution in [3.05, 3.63) is 120 Å². The third-order valence-electron chi connectivity index (χ3n) is 14.0. The zero-order chi connectivity index (χ0) is 56.9. The standard InChI is InChI=1S/C60H66N8O12/c1-37(2)58(65-54(70)11-8-7-9-22-67-56(72)20-21-57(67)73)59(74)63-33-55(71)64-43-16-12-39(13-17-43)41-26-44(66(34-41)36-69)31-61-48-29-52(50(77-5)25-38(48)3)79-23-10-24-80-53-30-49-47(28-51(53)78-6)60(75)68-35-42(27-45(68)32-62-49)40-14-18-46(76-4)19-15-40/h12-21,25,28-32,34-37,44-45,58H,7-11,22-24,26-27,33H2,1-6H3,(H,63,74)(H,64,71)(H,65,70). The van der Waals surface area contributed by atoms with Crippen LogP contribution in [0.3, 0.4) is 0 Å². The Morgan fingerprint density at radius 2 is 1.43 bits per heavy atom. The van der Waals surface area contributed by atoms with Crippen molar-refractivity contribution in [3.63, 3.8) is 0 Å². The molecule has 0 saturated carbocycles. The molecule has 0 aliphatic carbocycles. The van der Waals surface area contributed by atoms with E-state index in [9.17, 15) is 33.6 Å². The first kappa shape index (κ1) is 57.1. The highest BCUT2D eigenvalue weighted by molar-refractivity contribution is 6.13. The van der Waals surface area contributed by atoms with Gasteiger partial charge in [-0.05, 0) is 89.9 Å². The first-order valence-electron chi connectivity index (χ1n) is 26.5. The van der Waals surface area contributed by atoms with E-state index in [1.54, 1.807) is 86.8 Å². The minimum atomic E-state index is -0.855. The van der Waals surface area contributed by atoms with Gasteiger partial charge in [0.2, 0.25) is 24.1 Å². The van der Waals surface area contributed by atoms with E-state index >= 15 is 0 Å². The van der Waals surface area contributed by atoms with E-state index in [1.165, 1.54) is 19.3 Å². The van der Waals surface area contributed by atoms with Crippen molar-refractivity contribution in [3.8, 4) is 28.7 Å². The third kappa shape index (κ3) is 14.0. The van der Waals surface area contributed by atoms with E-state index in [1.807, 2.05) is 55.6 Å². The molecule has 3 atom stereocenters. The Bertz CT molecular complexity index is 3130. The average molecular weight is 1090 g/mol. The Labute approximate surface area is 464 Å². The van der Waals surface area contributed by atoms with E-state index in [0.29, 0.717) is 84.1 Å². The molecule has 8 rings (SSSR count). The summed E-state index contributed by atoms with van der Waals surface area (Å²) >= 11 is 0. The predicted octanol–water partition coefficient (Wildman–Crippen LogP) is 7.50. The number of amides is 7. The van der Waals surface area contributed by atoms with Gasteiger partial charge in [-0.15, -0.1) is 0 Å². The van der Waals surface area contributed by atoms with Gasteiger partial charge in [-0.3, -0.25) is 48.4 Å².